The summed E-state index contributed by atoms with van der Waals surface area (Å²) in [5.74, 6) is 2.77. The second-order valence-electron chi connectivity index (χ2n) is 6.71. The van der Waals surface area contributed by atoms with E-state index in [1.807, 2.05) is 30.8 Å². The van der Waals surface area contributed by atoms with Crippen LogP contribution in [-0.4, -0.2) is 38.5 Å². The van der Waals surface area contributed by atoms with E-state index >= 15 is 0 Å². The van der Waals surface area contributed by atoms with Crippen molar-refractivity contribution in [3.8, 4) is 11.5 Å². The van der Waals surface area contributed by atoms with E-state index in [0.717, 1.165) is 48.8 Å². The Kier molecular flexibility index (Phi) is 3.99. The van der Waals surface area contributed by atoms with Crippen molar-refractivity contribution in [2.45, 2.75) is 39.2 Å². The summed E-state index contributed by atoms with van der Waals surface area (Å²) in [6, 6.07) is 6.05. The van der Waals surface area contributed by atoms with E-state index in [-0.39, 0.29) is 0 Å². The van der Waals surface area contributed by atoms with Gasteiger partial charge in [0.05, 0.1) is 17.8 Å². The number of pyridine rings is 1. The number of likely N-dealkylation sites (N-methyl/N-ethyl adjacent to an activating group) is 1. The van der Waals surface area contributed by atoms with Crippen LogP contribution in [0.1, 0.15) is 36.0 Å². The summed E-state index contributed by atoms with van der Waals surface area (Å²) in [4.78, 5) is 11.1. The smallest absolute Gasteiger partial charge is 0.259 e. The summed E-state index contributed by atoms with van der Waals surface area (Å²) >= 11 is 0. The number of aromatic nitrogens is 5. The van der Waals surface area contributed by atoms with Gasteiger partial charge in [0, 0.05) is 31.4 Å². The van der Waals surface area contributed by atoms with Crippen LogP contribution >= 0.6 is 0 Å². The highest BCUT2D eigenvalue weighted by Crippen LogP contribution is 2.38. The van der Waals surface area contributed by atoms with Gasteiger partial charge >= 0.3 is 0 Å². The molecular formula is C18H22N6O. The minimum absolute atomic E-state index is 0.491. The van der Waals surface area contributed by atoms with Crippen LogP contribution in [0.5, 0.6) is 0 Å². The van der Waals surface area contributed by atoms with Gasteiger partial charge in [0.15, 0.2) is 5.82 Å². The van der Waals surface area contributed by atoms with Crippen LogP contribution in [-0.2, 0) is 6.54 Å². The number of nitrogens with zero attached hydrogens (tertiary/aromatic N) is 6. The van der Waals surface area contributed by atoms with Gasteiger partial charge in [-0.25, -0.2) is 4.98 Å². The second kappa shape index (κ2) is 6.31. The molecule has 1 aliphatic rings. The average molecular weight is 338 g/mol. The Labute approximate surface area is 146 Å². The molecule has 0 saturated heterocycles. The summed E-state index contributed by atoms with van der Waals surface area (Å²) in [7, 11) is 2.03. The first-order chi connectivity index (χ1) is 12.1. The molecule has 4 rings (SSSR count). The molecule has 0 aromatic carbocycles. The minimum atomic E-state index is 0.491. The van der Waals surface area contributed by atoms with Gasteiger partial charge < -0.3 is 9.42 Å². The highest BCUT2D eigenvalue weighted by Gasteiger charge is 2.29. The number of hydrogen-bond donors (Lipinski definition) is 0. The van der Waals surface area contributed by atoms with Crippen LogP contribution in [0.15, 0.2) is 28.9 Å². The van der Waals surface area contributed by atoms with Crippen molar-refractivity contribution in [2.75, 3.05) is 18.5 Å². The zero-order chi connectivity index (χ0) is 17.4. The van der Waals surface area contributed by atoms with Crippen molar-refractivity contribution in [1.82, 2.24) is 24.9 Å². The second-order valence-corrected chi connectivity index (χ2v) is 6.71. The van der Waals surface area contributed by atoms with E-state index < -0.39 is 0 Å². The molecule has 0 aliphatic heterocycles. The van der Waals surface area contributed by atoms with E-state index in [4.69, 9.17) is 4.52 Å². The van der Waals surface area contributed by atoms with Gasteiger partial charge in [0.25, 0.3) is 5.89 Å². The lowest BCUT2D eigenvalue weighted by Gasteiger charge is -2.18. The van der Waals surface area contributed by atoms with Gasteiger partial charge in [-0.3, -0.25) is 4.68 Å². The molecule has 0 N–H and O–H groups in total. The quantitative estimate of drug-likeness (QED) is 0.688. The lowest BCUT2D eigenvalue weighted by Crippen LogP contribution is -2.24. The number of aryl methyl sites for hydroxylation is 2. The average Bonchev–Trinajstić information content (AvgIpc) is 3.25. The fraction of sp³-hybridized carbons (Fsp3) is 0.444. The Morgan fingerprint density at radius 1 is 1.28 bits per heavy atom. The molecule has 1 aliphatic carbocycles. The summed E-state index contributed by atoms with van der Waals surface area (Å²) in [6.45, 7) is 5.75. The van der Waals surface area contributed by atoms with E-state index in [1.165, 1.54) is 5.69 Å². The topological polar surface area (TPSA) is 72.9 Å². The summed E-state index contributed by atoms with van der Waals surface area (Å²) < 4.78 is 7.37. The summed E-state index contributed by atoms with van der Waals surface area (Å²) in [6.07, 6.45) is 4.12. The third kappa shape index (κ3) is 3.40. The van der Waals surface area contributed by atoms with Crippen LogP contribution in [0.25, 0.3) is 11.5 Å². The van der Waals surface area contributed by atoms with Gasteiger partial charge in [-0.15, -0.1) is 0 Å². The Hall–Kier alpha value is -2.70. The standard InChI is InChI=1S/C18H22N6O/c1-12-10-13(2)24(21-12)9-8-23(3)16-7-6-15(11-19-16)18-20-17(22-25-18)14-4-5-14/h6-7,10-11,14H,4-5,8-9H2,1-3H3. The molecular weight excluding hydrogens is 316 g/mol. The normalized spacial score (nSPS) is 14.0. The van der Waals surface area contributed by atoms with Crippen molar-refractivity contribution in [3.05, 3.63) is 41.6 Å². The largest absolute Gasteiger partial charge is 0.358 e. The van der Waals surface area contributed by atoms with E-state index in [9.17, 15) is 0 Å². The van der Waals surface area contributed by atoms with E-state index in [1.54, 1.807) is 6.20 Å². The first-order valence-corrected chi connectivity index (χ1v) is 8.62. The van der Waals surface area contributed by atoms with Gasteiger partial charge in [-0.2, -0.15) is 10.1 Å². The monoisotopic (exact) mass is 338 g/mol. The Balaban J connectivity index is 1.41. The van der Waals surface area contributed by atoms with Crippen LogP contribution in [0, 0.1) is 13.8 Å². The zero-order valence-electron chi connectivity index (χ0n) is 14.8. The van der Waals surface area contributed by atoms with Gasteiger partial charge in [0.1, 0.15) is 5.82 Å². The summed E-state index contributed by atoms with van der Waals surface area (Å²) in [5, 5.41) is 8.54. The molecule has 3 aromatic heterocycles. The first-order valence-electron chi connectivity index (χ1n) is 8.62. The molecule has 7 heteroatoms. The molecule has 0 atom stereocenters. The van der Waals surface area contributed by atoms with E-state index in [0.29, 0.717) is 11.8 Å². The number of anilines is 1. The Morgan fingerprint density at radius 2 is 2.12 bits per heavy atom. The zero-order valence-corrected chi connectivity index (χ0v) is 14.8. The van der Waals surface area contributed by atoms with Gasteiger partial charge in [-0.05, 0) is 44.9 Å². The van der Waals surface area contributed by atoms with Crippen LogP contribution in [0.3, 0.4) is 0 Å². The van der Waals surface area contributed by atoms with Crippen molar-refractivity contribution in [1.29, 1.82) is 0 Å². The van der Waals surface area contributed by atoms with Crippen LogP contribution < -0.4 is 4.90 Å². The van der Waals surface area contributed by atoms with E-state index in [2.05, 4.69) is 38.1 Å². The maximum absolute atomic E-state index is 5.35. The van der Waals surface area contributed by atoms with Crippen molar-refractivity contribution in [3.63, 3.8) is 0 Å². The van der Waals surface area contributed by atoms with Gasteiger partial charge in [-0.1, -0.05) is 5.16 Å². The van der Waals surface area contributed by atoms with Gasteiger partial charge in [0.2, 0.25) is 0 Å². The molecule has 3 heterocycles. The maximum Gasteiger partial charge on any atom is 0.259 e. The highest BCUT2D eigenvalue weighted by molar-refractivity contribution is 5.54. The molecule has 25 heavy (non-hydrogen) atoms. The summed E-state index contributed by atoms with van der Waals surface area (Å²) in [5.41, 5.74) is 3.08. The minimum Gasteiger partial charge on any atom is -0.358 e. The molecule has 1 fully saturated rings. The molecule has 0 spiro atoms. The SMILES string of the molecule is Cc1cc(C)n(CCN(C)c2ccc(-c3nc(C4CC4)no3)cn2)n1. The first kappa shape index (κ1) is 15.8. The third-order valence-electron chi connectivity index (χ3n) is 4.52. The molecule has 3 aromatic rings. The fourth-order valence-electron chi connectivity index (χ4n) is 2.86. The molecule has 0 amide bonds. The number of hydrogen-bond acceptors (Lipinski definition) is 6. The van der Waals surface area contributed by atoms with Crippen LogP contribution in [0.2, 0.25) is 0 Å². The lowest BCUT2D eigenvalue weighted by molar-refractivity contribution is 0.422. The molecule has 0 unspecified atom stereocenters. The molecule has 1 saturated carbocycles. The third-order valence-corrected chi connectivity index (χ3v) is 4.52. The molecule has 0 bridgehead atoms. The van der Waals surface area contributed by atoms with Crippen molar-refractivity contribution < 1.29 is 4.52 Å². The molecule has 130 valence electrons. The highest BCUT2D eigenvalue weighted by atomic mass is 16.5. The molecule has 7 nitrogen and oxygen atoms in total. The predicted molar refractivity (Wildman–Crippen MR) is 94.5 cm³/mol. The fourth-order valence-corrected chi connectivity index (χ4v) is 2.86. The lowest BCUT2D eigenvalue weighted by atomic mass is 10.2. The Bertz CT molecular complexity index is 862. The maximum atomic E-state index is 5.35. The van der Waals surface area contributed by atoms with Crippen LogP contribution in [0.4, 0.5) is 5.82 Å². The number of rotatable bonds is 6. The predicted octanol–water partition coefficient (Wildman–Crippen LogP) is 2.96. The van der Waals surface area contributed by atoms with Crippen molar-refractivity contribution >= 4 is 5.82 Å². The molecule has 0 radical (unpaired) electrons. The Morgan fingerprint density at radius 3 is 2.76 bits per heavy atom. The van der Waals surface area contributed by atoms with Crippen molar-refractivity contribution in [2.24, 2.45) is 0 Å².